The van der Waals surface area contributed by atoms with Gasteiger partial charge >= 0.3 is 0 Å². The molecule has 1 heterocycles. The third-order valence-corrected chi connectivity index (χ3v) is 4.51. The highest BCUT2D eigenvalue weighted by atomic mass is 32.1. The van der Waals surface area contributed by atoms with E-state index in [0.29, 0.717) is 18.7 Å². The van der Waals surface area contributed by atoms with Crippen LogP contribution in [-0.4, -0.2) is 17.4 Å². The Kier molecular flexibility index (Phi) is 5.09. The number of nitrogens with two attached hydrogens (primary N) is 1. The highest BCUT2D eigenvalue weighted by Gasteiger charge is 2.16. The molecule has 4 nitrogen and oxygen atoms in total. The smallest absolute Gasteiger partial charge is 0.271 e. The Morgan fingerprint density at radius 2 is 2.19 bits per heavy atom. The topological polar surface area (TPSA) is 68.0 Å². The molecule has 1 unspecified atom stereocenters. The molecule has 0 radical (unpaired) electrons. The maximum absolute atomic E-state index is 12.2. The maximum Gasteiger partial charge on any atom is 0.271 e. The van der Waals surface area contributed by atoms with E-state index >= 15 is 0 Å². The Balaban J connectivity index is 2.09. The molecule has 1 atom stereocenters. The average Bonchev–Trinajstić information content (AvgIpc) is 2.91. The Bertz CT molecular complexity index is 636. The molecule has 0 aliphatic heterocycles. The minimum Gasteiger partial charge on any atom is -0.344 e. The predicted molar refractivity (Wildman–Crippen MR) is 86.7 cm³/mol. The quantitative estimate of drug-likeness (QED) is 0.892. The molecular formula is C16H21N3OS. The molecule has 0 fully saturated rings. The number of carbonyl (C=O) groups is 1. The summed E-state index contributed by atoms with van der Waals surface area (Å²) in [6.07, 6.45) is 0.713. The number of benzene rings is 1. The van der Waals surface area contributed by atoms with Crippen molar-refractivity contribution in [2.75, 3.05) is 6.54 Å². The van der Waals surface area contributed by atoms with Crippen LogP contribution < -0.4 is 11.1 Å². The van der Waals surface area contributed by atoms with Crippen molar-refractivity contribution in [2.24, 2.45) is 5.73 Å². The fourth-order valence-electron chi connectivity index (χ4n) is 2.24. The molecule has 1 aromatic carbocycles. The molecule has 2 aromatic rings. The minimum absolute atomic E-state index is 0.0444. The summed E-state index contributed by atoms with van der Waals surface area (Å²) < 4.78 is 0. The van der Waals surface area contributed by atoms with E-state index in [1.807, 2.05) is 19.1 Å². The van der Waals surface area contributed by atoms with Crippen molar-refractivity contribution in [3.8, 4) is 0 Å². The van der Waals surface area contributed by atoms with Gasteiger partial charge in [-0.25, -0.2) is 4.98 Å². The van der Waals surface area contributed by atoms with Crippen molar-refractivity contribution in [3.63, 3.8) is 0 Å². The molecule has 0 saturated heterocycles. The van der Waals surface area contributed by atoms with Crippen LogP contribution in [0.15, 0.2) is 23.6 Å². The molecule has 1 aromatic heterocycles. The fourth-order valence-corrected chi connectivity index (χ4v) is 3.04. The second kappa shape index (κ2) is 6.83. The molecule has 21 heavy (non-hydrogen) atoms. The monoisotopic (exact) mass is 303 g/mol. The molecule has 5 heteroatoms. The van der Waals surface area contributed by atoms with E-state index in [0.717, 1.165) is 10.6 Å². The molecule has 0 bridgehead atoms. The fraction of sp³-hybridized carbons (Fsp3) is 0.375. The summed E-state index contributed by atoms with van der Waals surface area (Å²) in [5, 5.41) is 5.70. The molecule has 112 valence electrons. The van der Waals surface area contributed by atoms with Gasteiger partial charge in [0.1, 0.15) is 5.69 Å². The van der Waals surface area contributed by atoms with E-state index in [1.165, 1.54) is 22.5 Å². The van der Waals surface area contributed by atoms with Crippen molar-refractivity contribution in [2.45, 2.75) is 33.2 Å². The summed E-state index contributed by atoms with van der Waals surface area (Å²) in [5.74, 6) is -0.136. The zero-order chi connectivity index (χ0) is 15.4. The van der Waals surface area contributed by atoms with Crippen LogP contribution in [0.2, 0.25) is 0 Å². The van der Waals surface area contributed by atoms with Crippen LogP contribution in [-0.2, 0) is 6.42 Å². The molecule has 2 rings (SSSR count). The zero-order valence-electron chi connectivity index (χ0n) is 12.6. The number of nitrogens with zero attached hydrogens (tertiary/aromatic N) is 1. The third-order valence-electron chi connectivity index (χ3n) is 3.60. The van der Waals surface area contributed by atoms with Gasteiger partial charge in [0.15, 0.2) is 0 Å². The van der Waals surface area contributed by atoms with Gasteiger partial charge in [0.2, 0.25) is 0 Å². The second-order valence-corrected chi connectivity index (χ2v) is 6.09. The van der Waals surface area contributed by atoms with E-state index in [4.69, 9.17) is 5.73 Å². The molecule has 0 aliphatic carbocycles. The number of aryl methyl sites for hydroxylation is 1. The molecule has 0 spiro atoms. The van der Waals surface area contributed by atoms with Gasteiger partial charge in [0.25, 0.3) is 5.91 Å². The van der Waals surface area contributed by atoms with Crippen molar-refractivity contribution < 1.29 is 4.79 Å². The van der Waals surface area contributed by atoms with Gasteiger partial charge in [-0.1, -0.05) is 18.2 Å². The number of hydrogen-bond donors (Lipinski definition) is 2. The first-order valence-corrected chi connectivity index (χ1v) is 7.92. The Morgan fingerprint density at radius 3 is 2.90 bits per heavy atom. The normalized spacial score (nSPS) is 12.2. The lowest BCUT2D eigenvalue weighted by atomic mass is 9.98. The van der Waals surface area contributed by atoms with E-state index in [1.54, 1.807) is 5.38 Å². The van der Waals surface area contributed by atoms with E-state index in [9.17, 15) is 4.79 Å². The summed E-state index contributed by atoms with van der Waals surface area (Å²) >= 11 is 1.48. The number of nitrogens with one attached hydrogen (secondary N) is 1. The molecule has 0 aliphatic rings. The largest absolute Gasteiger partial charge is 0.344 e. The van der Waals surface area contributed by atoms with Gasteiger partial charge < -0.3 is 11.1 Å². The van der Waals surface area contributed by atoms with Gasteiger partial charge in [-0.15, -0.1) is 11.3 Å². The summed E-state index contributed by atoms with van der Waals surface area (Å²) in [6, 6.07) is 6.10. The van der Waals surface area contributed by atoms with Gasteiger partial charge in [-0.3, -0.25) is 4.79 Å². The Morgan fingerprint density at radius 1 is 1.43 bits per heavy atom. The number of carbonyl (C=O) groups excluding carboxylic acids is 1. The first-order valence-electron chi connectivity index (χ1n) is 7.04. The lowest BCUT2D eigenvalue weighted by Gasteiger charge is -2.17. The standard InChI is InChI=1S/C16H21N3OS/c1-10-5-4-6-13(11(10)2)12(3)18-16(20)14-9-21-15(19-14)7-8-17/h4-6,9,12H,7-8,17H2,1-3H3,(H,18,20). The highest BCUT2D eigenvalue weighted by molar-refractivity contribution is 7.09. The summed E-state index contributed by atoms with van der Waals surface area (Å²) in [7, 11) is 0. The first kappa shape index (κ1) is 15.7. The van der Waals surface area contributed by atoms with E-state index in [2.05, 4.69) is 30.2 Å². The average molecular weight is 303 g/mol. The van der Waals surface area contributed by atoms with Crippen molar-refractivity contribution >= 4 is 17.2 Å². The van der Waals surface area contributed by atoms with Crippen LogP contribution >= 0.6 is 11.3 Å². The number of amides is 1. The van der Waals surface area contributed by atoms with E-state index < -0.39 is 0 Å². The highest BCUT2D eigenvalue weighted by Crippen LogP contribution is 2.20. The van der Waals surface area contributed by atoms with Crippen LogP contribution in [0.5, 0.6) is 0 Å². The first-order chi connectivity index (χ1) is 10.0. The van der Waals surface area contributed by atoms with Gasteiger partial charge in [-0.05, 0) is 44.0 Å². The molecule has 1 amide bonds. The minimum atomic E-state index is -0.136. The van der Waals surface area contributed by atoms with Crippen LogP contribution in [0.1, 0.15) is 45.2 Å². The van der Waals surface area contributed by atoms with Crippen molar-refractivity contribution in [1.82, 2.24) is 10.3 Å². The predicted octanol–water partition coefficient (Wildman–Crippen LogP) is 2.75. The van der Waals surface area contributed by atoms with Gasteiger partial charge in [0.05, 0.1) is 11.0 Å². The van der Waals surface area contributed by atoms with Crippen molar-refractivity contribution in [3.05, 3.63) is 51.0 Å². The number of thiazole rings is 1. The Hall–Kier alpha value is -1.72. The maximum atomic E-state index is 12.2. The number of rotatable bonds is 5. The van der Waals surface area contributed by atoms with Gasteiger partial charge in [0, 0.05) is 11.8 Å². The van der Waals surface area contributed by atoms with Crippen molar-refractivity contribution in [1.29, 1.82) is 0 Å². The lowest BCUT2D eigenvalue weighted by molar-refractivity contribution is 0.0935. The molecule has 0 saturated carbocycles. The summed E-state index contributed by atoms with van der Waals surface area (Å²) in [5.41, 5.74) is 9.56. The van der Waals surface area contributed by atoms with Gasteiger partial charge in [-0.2, -0.15) is 0 Å². The summed E-state index contributed by atoms with van der Waals surface area (Å²) in [6.45, 7) is 6.70. The number of aromatic nitrogens is 1. The van der Waals surface area contributed by atoms with Crippen LogP contribution in [0.4, 0.5) is 0 Å². The zero-order valence-corrected chi connectivity index (χ0v) is 13.5. The van der Waals surface area contributed by atoms with Crippen LogP contribution in [0, 0.1) is 13.8 Å². The molecule has 3 N–H and O–H groups in total. The van der Waals surface area contributed by atoms with Crippen LogP contribution in [0.25, 0.3) is 0 Å². The second-order valence-electron chi connectivity index (χ2n) is 5.15. The summed E-state index contributed by atoms with van der Waals surface area (Å²) in [4.78, 5) is 16.6. The van der Waals surface area contributed by atoms with E-state index in [-0.39, 0.29) is 11.9 Å². The number of hydrogen-bond acceptors (Lipinski definition) is 4. The Labute approximate surface area is 129 Å². The lowest BCUT2D eigenvalue weighted by Crippen LogP contribution is -2.27. The third kappa shape index (κ3) is 3.68. The molecular weight excluding hydrogens is 282 g/mol. The SMILES string of the molecule is Cc1cccc(C(C)NC(=O)c2csc(CCN)n2)c1C. The van der Waals surface area contributed by atoms with Crippen LogP contribution in [0.3, 0.4) is 0 Å².